The van der Waals surface area contributed by atoms with E-state index < -0.39 is 10.1 Å². The zero-order valence-corrected chi connectivity index (χ0v) is 13.8. The van der Waals surface area contributed by atoms with E-state index in [0.717, 1.165) is 30.7 Å². The first kappa shape index (κ1) is 16.4. The third kappa shape index (κ3) is 4.32. The largest absolute Gasteiger partial charge is 0.378 e. The van der Waals surface area contributed by atoms with Crippen molar-refractivity contribution in [2.45, 2.75) is 18.9 Å². The lowest BCUT2D eigenvalue weighted by Gasteiger charge is -2.35. The van der Waals surface area contributed by atoms with Crippen LogP contribution in [0.2, 0.25) is 0 Å². The summed E-state index contributed by atoms with van der Waals surface area (Å²) >= 11 is 0. The summed E-state index contributed by atoms with van der Waals surface area (Å²) in [5.41, 5.74) is 2.24. The molecular weight excluding hydrogens is 316 g/mol. The lowest BCUT2D eigenvalue weighted by molar-refractivity contribution is -0.0102. The number of aromatic nitrogens is 1. The molecule has 2 aromatic rings. The number of nitrogens with one attached hydrogen (secondary N) is 1. The van der Waals surface area contributed by atoms with E-state index in [0.29, 0.717) is 19.6 Å². The van der Waals surface area contributed by atoms with Crippen LogP contribution in [0.4, 0.5) is 0 Å². The fraction of sp³-hybridized carbons (Fsp3) is 0.500. The maximum atomic E-state index is 10.8. The fourth-order valence-corrected chi connectivity index (χ4v) is 3.64. The molecule has 1 aromatic carbocycles. The molecule has 0 radical (unpaired) electrons. The number of nitrogens with zero attached hydrogens (tertiary/aromatic N) is 1. The first-order valence-electron chi connectivity index (χ1n) is 7.87. The molecule has 1 aliphatic rings. The SMILES string of the molecule is O=S(=O)(O)CCCCN1CCOCC1c1cc2ccccc2[nH]1. The highest BCUT2D eigenvalue weighted by Crippen LogP contribution is 2.27. The summed E-state index contributed by atoms with van der Waals surface area (Å²) in [5, 5.41) is 1.18. The molecule has 1 fully saturated rings. The van der Waals surface area contributed by atoms with Crippen molar-refractivity contribution >= 4 is 21.0 Å². The van der Waals surface area contributed by atoms with Gasteiger partial charge in [0.15, 0.2) is 0 Å². The van der Waals surface area contributed by atoms with Gasteiger partial charge in [0.05, 0.1) is 25.0 Å². The normalized spacial score (nSPS) is 20.1. The minimum atomic E-state index is -3.86. The molecule has 7 heteroatoms. The number of H-pyrrole nitrogens is 1. The van der Waals surface area contributed by atoms with E-state index in [1.165, 1.54) is 5.39 Å². The number of para-hydroxylation sites is 1. The molecule has 6 nitrogen and oxygen atoms in total. The third-order valence-corrected chi connectivity index (χ3v) is 5.05. The molecule has 3 rings (SSSR count). The number of morpholine rings is 1. The van der Waals surface area contributed by atoms with Crippen LogP contribution in [0.25, 0.3) is 10.9 Å². The summed E-state index contributed by atoms with van der Waals surface area (Å²) in [6.07, 6.45) is 1.20. The molecule has 1 saturated heterocycles. The summed E-state index contributed by atoms with van der Waals surface area (Å²) in [4.78, 5) is 5.77. The fourth-order valence-electron chi connectivity index (χ4n) is 3.07. The molecule has 126 valence electrons. The van der Waals surface area contributed by atoms with E-state index in [1.54, 1.807) is 0 Å². The van der Waals surface area contributed by atoms with Gasteiger partial charge in [0.1, 0.15) is 0 Å². The van der Waals surface area contributed by atoms with E-state index in [-0.39, 0.29) is 11.8 Å². The average molecular weight is 338 g/mol. The van der Waals surface area contributed by atoms with Crippen molar-refractivity contribution in [1.82, 2.24) is 9.88 Å². The highest BCUT2D eigenvalue weighted by Gasteiger charge is 2.25. The summed E-state index contributed by atoms with van der Waals surface area (Å²) in [5.74, 6) is -0.172. The van der Waals surface area contributed by atoms with E-state index in [9.17, 15) is 8.42 Å². The van der Waals surface area contributed by atoms with Gasteiger partial charge in [-0.2, -0.15) is 8.42 Å². The second-order valence-electron chi connectivity index (χ2n) is 5.93. The quantitative estimate of drug-likeness (QED) is 0.623. The molecule has 2 heterocycles. The minimum Gasteiger partial charge on any atom is -0.378 e. The predicted molar refractivity (Wildman–Crippen MR) is 89.1 cm³/mol. The van der Waals surface area contributed by atoms with Crippen LogP contribution >= 0.6 is 0 Å². The van der Waals surface area contributed by atoms with Crippen LogP contribution in [-0.4, -0.2) is 54.9 Å². The number of hydrogen-bond donors (Lipinski definition) is 2. The average Bonchev–Trinajstić information content (AvgIpc) is 2.95. The number of benzene rings is 1. The number of hydrogen-bond acceptors (Lipinski definition) is 4. The number of rotatable bonds is 6. The van der Waals surface area contributed by atoms with Crippen LogP contribution in [0.3, 0.4) is 0 Å². The number of aromatic amines is 1. The molecule has 23 heavy (non-hydrogen) atoms. The summed E-state index contributed by atoms with van der Waals surface area (Å²) in [6.45, 7) is 2.94. The van der Waals surface area contributed by atoms with E-state index >= 15 is 0 Å². The molecular formula is C16H22N2O4S. The van der Waals surface area contributed by atoms with Crippen LogP contribution in [0.5, 0.6) is 0 Å². The Morgan fingerprint density at radius 1 is 1.30 bits per heavy atom. The van der Waals surface area contributed by atoms with Crippen molar-refractivity contribution in [2.24, 2.45) is 0 Å². The van der Waals surface area contributed by atoms with Gasteiger partial charge in [0.2, 0.25) is 0 Å². The summed E-state index contributed by atoms with van der Waals surface area (Å²) < 4.78 is 36.0. The summed E-state index contributed by atoms with van der Waals surface area (Å²) in [6, 6.07) is 10.5. The van der Waals surface area contributed by atoms with Crippen molar-refractivity contribution in [2.75, 3.05) is 32.1 Å². The molecule has 0 bridgehead atoms. The Morgan fingerprint density at radius 2 is 2.13 bits per heavy atom. The van der Waals surface area contributed by atoms with Crippen molar-refractivity contribution in [3.63, 3.8) is 0 Å². The first-order valence-corrected chi connectivity index (χ1v) is 9.48. The van der Waals surface area contributed by atoms with Gasteiger partial charge in [-0.05, 0) is 36.9 Å². The Morgan fingerprint density at radius 3 is 2.91 bits per heavy atom. The van der Waals surface area contributed by atoms with Crippen LogP contribution < -0.4 is 0 Å². The molecule has 0 saturated carbocycles. The number of unbranched alkanes of at least 4 members (excludes halogenated alkanes) is 1. The van der Waals surface area contributed by atoms with E-state index in [1.807, 2.05) is 12.1 Å². The zero-order valence-electron chi connectivity index (χ0n) is 12.9. The molecule has 0 amide bonds. The predicted octanol–water partition coefficient (Wildman–Crippen LogP) is 2.21. The standard InChI is InChI=1S/C16H22N2O4S/c19-23(20,21)10-4-3-7-18-8-9-22-12-16(18)15-11-13-5-1-2-6-14(13)17-15/h1-2,5-6,11,16-17H,3-4,7-10,12H2,(H,19,20,21). The van der Waals surface area contributed by atoms with Gasteiger partial charge in [-0.25, -0.2) is 0 Å². The first-order chi connectivity index (χ1) is 11.0. The van der Waals surface area contributed by atoms with Crippen molar-refractivity contribution in [3.05, 3.63) is 36.0 Å². The second kappa shape index (κ2) is 7.00. The maximum absolute atomic E-state index is 10.8. The Hall–Kier alpha value is -1.41. The van der Waals surface area contributed by atoms with Gasteiger partial charge in [-0.1, -0.05) is 18.2 Å². The molecule has 0 spiro atoms. The number of fused-ring (bicyclic) bond motifs is 1. The molecule has 1 aliphatic heterocycles. The number of ether oxygens (including phenoxy) is 1. The van der Waals surface area contributed by atoms with Crippen LogP contribution in [0.1, 0.15) is 24.6 Å². The summed E-state index contributed by atoms with van der Waals surface area (Å²) in [7, 11) is -3.86. The Kier molecular flexibility index (Phi) is 5.01. The van der Waals surface area contributed by atoms with Crippen LogP contribution in [0.15, 0.2) is 30.3 Å². The Balaban J connectivity index is 1.66. The molecule has 1 unspecified atom stereocenters. The molecule has 1 atom stereocenters. The van der Waals surface area contributed by atoms with E-state index in [2.05, 4.69) is 28.1 Å². The highest BCUT2D eigenvalue weighted by molar-refractivity contribution is 7.85. The minimum absolute atomic E-state index is 0.155. The second-order valence-corrected chi connectivity index (χ2v) is 7.50. The van der Waals surface area contributed by atoms with Crippen molar-refractivity contribution < 1.29 is 17.7 Å². The third-order valence-electron chi connectivity index (χ3n) is 4.25. The Bertz CT molecular complexity index is 723. The molecule has 1 aromatic heterocycles. The molecule has 2 N–H and O–H groups in total. The van der Waals surface area contributed by atoms with Crippen molar-refractivity contribution in [1.29, 1.82) is 0 Å². The topological polar surface area (TPSA) is 82.6 Å². The van der Waals surface area contributed by atoms with Crippen molar-refractivity contribution in [3.8, 4) is 0 Å². The lowest BCUT2D eigenvalue weighted by atomic mass is 10.1. The molecule has 0 aliphatic carbocycles. The van der Waals surface area contributed by atoms with Gasteiger partial charge in [-0.3, -0.25) is 9.45 Å². The van der Waals surface area contributed by atoms with Gasteiger partial charge in [-0.15, -0.1) is 0 Å². The van der Waals surface area contributed by atoms with Crippen LogP contribution in [0, 0.1) is 0 Å². The van der Waals surface area contributed by atoms with Crippen LogP contribution in [-0.2, 0) is 14.9 Å². The van der Waals surface area contributed by atoms with E-state index in [4.69, 9.17) is 9.29 Å². The van der Waals surface area contributed by atoms with Gasteiger partial charge >= 0.3 is 0 Å². The Labute approximate surface area is 136 Å². The maximum Gasteiger partial charge on any atom is 0.264 e. The van der Waals surface area contributed by atoms with Gasteiger partial charge < -0.3 is 9.72 Å². The van der Waals surface area contributed by atoms with Gasteiger partial charge in [0, 0.05) is 17.8 Å². The lowest BCUT2D eigenvalue weighted by Crippen LogP contribution is -2.40. The smallest absolute Gasteiger partial charge is 0.264 e. The highest BCUT2D eigenvalue weighted by atomic mass is 32.2. The monoisotopic (exact) mass is 338 g/mol. The zero-order chi connectivity index (χ0) is 16.3. The van der Waals surface area contributed by atoms with Gasteiger partial charge in [0.25, 0.3) is 10.1 Å².